The van der Waals surface area contributed by atoms with Crippen LogP contribution < -0.4 is 0 Å². The number of carbonyl (C=O) groups is 1. The molecule has 0 aromatic carbocycles. The first-order chi connectivity index (χ1) is 35.8. The van der Waals surface area contributed by atoms with E-state index in [9.17, 15) is 30.3 Å². The SMILES string of the molecule is C=C1CC2OC3C(CC2(C)OC1CC(C)=CC(C)CO)OC1CC2OC4CCC5OC6CC7OC(CC(O)CC8CC(C)C(C(C)CC(=O)O)O8)C(C)(O)CCC7OC6(C)CC5(C)OC4CC=CC(C)C2OC1(C)C3O. The topological polar surface area (TPSA) is 211 Å². The third-order valence-corrected chi connectivity index (χ3v) is 20.2. The normalized spacial score (nSPS) is 51.6. The van der Waals surface area contributed by atoms with Gasteiger partial charge in [0.1, 0.15) is 17.8 Å². The third-order valence-electron chi connectivity index (χ3n) is 20.2. The van der Waals surface area contributed by atoms with Gasteiger partial charge in [-0.1, -0.05) is 58.1 Å². The van der Waals surface area contributed by atoms with Crippen molar-refractivity contribution in [2.24, 2.45) is 23.7 Å². The maximum absolute atomic E-state index is 12.4. The van der Waals surface area contributed by atoms with Crippen LogP contribution in [0.25, 0.3) is 0 Å². The summed E-state index contributed by atoms with van der Waals surface area (Å²) in [5, 5.41) is 54.8. The Labute approximate surface area is 451 Å². The Morgan fingerprint density at radius 3 is 2.28 bits per heavy atom. The highest BCUT2D eigenvalue weighted by Crippen LogP contribution is 2.54. The van der Waals surface area contributed by atoms with Gasteiger partial charge in [0.2, 0.25) is 0 Å². The van der Waals surface area contributed by atoms with Crippen molar-refractivity contribution < 1.29 is 77.7 Å². The van der Waals surface area contributed by atoms with Gasteiger partial charge in [0.05, 0.1) is 126 Å². The zero-order valence-corrected chi connectivity index (χ0v) is 47.2. The van der Waals surface area contributed by atoms with Gasteiger partial charge in [0.15, 0.2) is 0 Å². The molecule has 27 unspecified atom stereocenters. The summed E-state index contributed by atoms with van der Waals surface area (Å²) in [6.07, 6.45) is 7.40. The first-order valence-corrected chi connectivity index (χ1v) is 29.4. The Balaban J connectivity index is 0.794. The van der Waals surface area contributed by atoms with Crippen molar-refractivity contribution in [3.8, 4) is 0 Å². The molecule has 5 N–H and O–H groups in total. The standard InChI is InChI=1S/C60H94O16/c1-31(19-32(2)29-61)20-42-34(4)22-48-57(8,75-42)28-45-54(72-48)55(65)60(11)50(70-45)27-44-53(76-60)33(3)13-12-14-40-39(68-44)15-16-46-58(9,73-40)30-59(10)49(71-46)26-43-41(74-59)17-18-56(7,66)47(69-43)25-37(62)24-38-21-35(5)52(67-38)36(6)23-51(63)64/h12-13,19,32-33,35-50,52-55,61-62,65-66H,4,14-18,20-30H2,1-3,5-11H3,(H,63,64). The van der Waals surface area contributed by atoms with Crippen LogP contribution in [0.15, 0.2) is 36.0 Å². The van der Waals surface area contributed by atoms with Gasteiger partial charge >= 0.3 is 5.97 Å². The van der Waals surface area contributed by atoms with E-state index in [4.69, 9.17) is 47.4 Å². The zero-order chi connectivity index (χ0) is 54.4. The molecule has 27 atom stereocenters. The van der Waals surface area contributed by atoms with Crippen molar-refractivity contribution in [1.29, 1.82) is 0 Å². The fourth-order valence-corrected chi connectivity index (χ4v) is 16.0. The summed E-state index contributed by atoms with van der Waals surface area (Å²) in [6, 6.07) is 0. The molecule has 0 saturated carbocycles. The van der Waals surface area contributed by atoms with E-state index < -0.39 is 70.6 Å². The van der Waals surface area contributed by atoms with E-state index in [-0.39, 0.29) is 116 Å². The Hall–Kier alpha value is -1.87. The number of carboxylic acids is 1. The van der Waals surface area contributed by atoms with E-state index in [1.165, 1.54) is 0 Å². The number of ether oxygens (including phenoxy) is 10. The first-order valence-electron chi connectivity index (χ1n) is 29.4. The van der Waals surface area contributed by atoms with Crippen LogP contribution in [0.5, 0.6) is 0 Å². The van der Waals surface area contributed by atoms with Gasteiger partial charge in [-0.3, -0.25) is 4.79 Å². The van der Waals surface area contributed by atoms with Crippen molar-refractivity contribution in [2.45, 2.75) is 303 Å². The third kappa shape index (κ3) is 11.2. The molecule has 76 heavy (non-hydrogen) atoms. The molecule has 10 rings (SSSR count). The predicted octanol–water partition coefficient (Wildman–Crippen LogP) is 7.23. The van der Waals surface area contributed by atoms with Crippen molar-refractivity contribution in [3.05, 3.63) is 36.0 Å². The Bertz CT molecular complexity index is 2150. The molecule has 16 nitrogen and oxygen atoms in total. The molecule has 10 aliphatic rings. The molecule has 0 bridgehead atoms. The molecule has 16 heteroatoms. The molecule has 430 valence electrons. The van der Waals surface area contributed by atoms with Gasteiger partial charge in [-0.15, -0.1) is 0 Å². The lowest BCUT2D eigenvalue weighted by Gasteiger charge is -2.61. The van der Waals surface area contributed by atoms with Gasteiger partial charge in [-0.25, -0.2) is 0 Å². The number of aliphatic hydroxyl groups excluding tert-OH is 3. The number of carboxylic acid groups (broad SMARTS) is 1. The Morgan fingerprint density at radius 1 is 0.789 bits per heavy atom. The minimum Gasteiger partial charge on any atom is -0.481 e. The van der Waals surface area contributed by atoms with E-state index in [2.05, 4.69) is 66.3 Å². The minimum absolute atomic E-state index is 0.0239. The molecule has 0 aromatic rings. The van der Waals surface area contributed by atoms with Gasteiger partial charge in [0, 0.05) is 44.6 Å². The molecule has 9 saturated heterocycles. The largest absolute Gasteiger partial charge is 0.481 e. The van der Waals surface area contributed by atoms with Crippen LogP contribution in [0.4, 0.5) is 0 Å². The van der Waals surface area contributed by atoms with Gasteiger partial charge in [-0.05, 0) is 123 Å². The fourth-order valence-electron chi connectivity index (χ4n) is 16.0. The Morgan fingerprint density at radius 2 is 1.53 bits per heavy atom. The number of rotatable bonds is 11. The van der Waals surface area contributed by atoms with E-state index in [0.29, 0.717) is 77.0 Å². The highest BCUT2D eigenvalue weighted by Gasteiger charge is 2.65. The predicted molar refractivity (Wildman–Crippen MR) is 280 cm³/mol. The molecule has 0 amide bonds. The molecule has 0 aliphatic carbocycles. The molecule has 10 heterocycles. The second-order valence-corrected chi connectivity index (χ2v) is 27.0. The molecular formula is C60H94O16. The molecule has 9 fully saturated rings. The summed E-state index contributed by atoms with van der Waals surface area (Å²) < 4.78 is 70.0. The second-order valence-electron chi connectivity index (χ2n) is 27.0. The lowest BCUT2D eigenvalue weighted by Crippen LogP contribution is -2.74. The van der Waals surface area contributed by atoms with Crippen LogP contribution in [-0.2, 0) is 52.2 Å². The lowest BCUT2D eigenvalue weighted by molar-refractivity contribution is -0.369. The highest BCUT2D eigenvalue weighted by atomic mass is 16.6. The average molecular weight is 1070 g/mol. The molecular weight excluding hydrogens is 977 g/mol. The van der Waals surface area contributed by atoms with Crippen LogP contribution >= 0.6 is 0 Å². The summed E-state index contributed by atoms with van der Waals surface area (Å²) >= 11 is 0. The number of hydrogen-bond donors (Lipinski definition) is 5. The lowest BCUT2D eigenvalue weighted by atomic mass is 9.72. The smallest absolute Gasteiger partial charge is 0.303 e. The fraction of sp³-hybridized carbons (Fsp3) is 0.883. The van der Waals surface area contributed by atoms with Gasteiger partial charge in [-0.2, -0.15) is 0 Å². The van der Waals surface area contributed by atoms with Crippen molar-refractivity contribution in [2.75, 3.05) is 6.61 Å². The highest BCUT2D eigenvalue weighted by molar-refractivity contribution is 5.67. The molecule has 0 radical (unpaired) electrons. The maximum Gasteiger partial charge on any atom is 0.303 e. The van der Waals surface area contributed by atoms with Crippen molar-refractivity contribution in [3.63, 3.8) is 0 Å². The molecule has 10 aliphatic heterocycles. The van der Waals surface area contributed by atoms with Gasteiger partial charge in [0.25, 0.3) is 0 Å². The molecule has 0 aromatic heterocycles. The maximum atomic E-state index is 12.4. The van der Waals surface area contributed by atoms with Crippen molar-refractivity contribution >= 4 is 5.97 Å². The molecule has 0 spiro atoms. The zero-order valence-electron chi connectivity index (χ0n) is 47.2. The van der Waals surface area contributed by atoms with Crippen molar-refractivity contribution in [1.82, 2.24) is 0 Å². The van der Waals surface area contributed by atoms with Crippen LogP contribution in [-0.4, -0.2) is 176 Å². The minimum atomic E-state index is -1.20. The monoisotopic (exact) mass is 1070 g/mol. The van der Waals surface area contributed by atoms with Gasteiger partial charge < -0.3 is 72.9 Å². The average Bonchev–Trinajstić information content (AvgIpc) is 3.71. The number of aliphatic hydroxyl groups is 4. The number of aliphatic carboxylic acids is 1. The summed E-state index contributed by atoms with van der Waals surface area (Å²) in [6.45, 7) is 24.9. The van der Waals surface area contributed by atoms with E-state index in [0.717, 1.165) is 17.6 Å². The summed E-state index contributed by atoms with van der Waals surface area (Å²) in [7, 11) is 0. The summed E-state index contributed by atoms with van der Waals surface area (Å²) in [5.74, 6) is -0.759. The quantitative estimate of drug-likeness (QED) is 0.129. The van der Waals surface area contributed by atoms with E-state index in [1.807, 2.05) is 20.8 Å². The van der Waals surface area contributed by atoms with Crippen LogP contribution in [0.3, 0.4) is 0 Å². The summed E-state index contributed by atoms with van der Waals surface area (Å²) in [5.41, 5.74) is -2.18. The van der Waals surface area contributed by atoms with Crippen LogP contribution in [0, 0.1) is 23.7 Å². The second kappa shape index (κ2) is 21.8. The summed E-state index contributed by atoms with van der Waals surface area (Å²) in [4.78, 5) is 11.4. The van der Waals surface area contributed by atoms with Crippen LogP contribution in [0.2, 0.25) is 0 Å². The number of hydrogen-bond acceptors (Lipinski definition) is 15. The number of fused-ring (bicyclic) bond motifs is 8. The van der Waals surface area contributed by atoms with Crippen LogP contribution in [0.1, 0.15) is 166 Å². The van der Waals surface area contributed by atoms with E-state index >= 15 is 0 Å². The first kappa shape index (κ1) is 57.4. The Kier molecular flexibility index (Phi) is 16.5. The van der Waals surface area contributed by atoms with E-state index in [1.54, 1.807) is 6.92 Å².